The summed E-state index contributed by atoms with van der Waals surface area (Å²) in [5, 5.41) is 2.59. The molecular weight excluding hydrogens is 375 g/mol. The average molecular weight is 386 g/mol. The van der Waals surface area contributed by atoms with Crippen molar-refractivity contribution in [2.45, 2.75) is 17.7 Å². The fourth-order valence-electron chi connectivity index (χ4n) is 1.80. The van der Waals surface area contributed by atoms with Gasteiger partial charge < -0.3 is 5.32 Å². The van der Waals surface area contributed by atoms with E-state index >= 15 is 0 Å². The fourth-order valence-corrected chi connectivity index (χ4v) is 4.84. The van der Waals surface area contributed by atoms with Crippen LogP contribution < -0.4 is 5.32 Å². The molecule has 2 nitrogen and oxygen atoms in total. The van der Waals surface area contributed by atoms with Crippen LogP contribution in [0.2, 0.25) is 0 Å². The summed E-state index contributed by atoms with van der Waals surface area (Å²) >= 11 is 6.06. The zero-order valence-corrected chi connectivity index (χ0v) is 13.6. The maximum atomic E-state index is 12.9. The van der Waals surface area contributed by atoms with Gasteiger partial charge in [0.2, 0.25) is 5.91 Å². The van der Waals surface area contributed by atoms with E-state index in [0.29, 0.717) is 0 Å². The van der Waals surface area contributed by atoms with Crippen molar-refractivity contribution in [3.63, 3.8) is 0 Å². The average Bonchev–Trinajstić information content (AvgIpc) is 2.85. The molecule has 1 heterocycles. The van der Waals surface area contributed by atoms with Crippen LogP contribution in [-0.4, -0.2) is 22.0 Å². The monoisotopic (exact) mass is 385 g/mol. The molecule has 1 aliphatic heterocycles. The Hall–Kier alpha value is -0.340. The first-order chi connectivity index (χ1) is 9.29. The summed E-state index contributed by atoms with van der Waals surface area (Å²) in [6.07, 6.45) is -4.44. The van der Waals surface area contributed by atoms with Crippen molar-refractivity contribution in [3.05, 3.63) is 27.7 Å². The summed E-state index contributed by atoms with van der Waals surface area (Å²) in [4.78, 5) is 12.0. The fraction of sp³-hybridized carbons (Fsp3) is 0.417. The van der Waals surface area contributed by atoms with Gasteiger partial charge in [-0.1, -0.05) is 15.9 Å². The molecule has 1 saturated heterocycles. The Bertz CT molecular complexity index is 530. The van der Waals surface area contributed by atoms with Crippen LogP contribution >= 0.6 is 39.5 Å². The normalized spacial score (nSPS) is 16.4. The second kappa shape index (κ2) is 6.19. The van der Waals surface area contributed by atoms with Crippen LogP contribution in [0.5, 0.6) is 0 Å². The van der Waals surface area contributed by atoms with Crippen molar-refractivity contribution in [2.75, 3.05) is 16.8 Å². The molecule has 8 heteroatoms. The molecule has 0 atom stereocenters. The number of alkyl halides is 3. The summed E-state index contributed by atoms with van der Waals surface area (Å²) in [5.74, 6) is 1.51. The van der Waals surface area contributed by atoms with Gasteiger partial charge in [0, 0.05) is 21.7 Å². The van der Waals surface area contributed by atoms with E-state index < -0.39 is 11.7 Å². The number of benzene rings is 1. The smallest absolute Gasteiger partial charge is 0.324 e. The molecule has 1 aromatic rings. The molecule has 0 radical (unpaired) electrons. The molecular formula is C12H11BrF3NOS2. The molecule has 1 N–H and O–H groups in total. The summed E-state index contributed by atoms with van der Waals surface area (Å²) in [6.45, 7) is 1.36. The molecule has 1 amide bonds. The van der Waals surface area contributed by atoms with Crippen LogP contribution in [0.3, 0.4) is 0 Å². The zero-order valence-electron chi connectivity index (χ0n) is 10.4. The molecule has 1 fully saturated rings. The number of carbonyl (C=O) groups is 1. The van der Waals surface area contributed by atoms with Crippen LogP contribution in [0, 0.1) is 6.92 Å². The van der Waals surface area contributed by atoms with Gasteiger partial charge in [-0.25, -0.2) is 0 Å². The minimum absolute atomic E-state index is 0.0297. The molecule has 110 valence electrons. The number of rotatable bonds is 2. The molecule has 1 aromatic carbocycles. The number of amides is 1. The maximum absolute atomic E-state index is 12.9. The molecule has 0 saturated carbocycles. The van der Waals surface area contributed by atoms with Crippen LogP contribution in [0.4, 0.5) is 18.9 Å². The predicted molar refractivity (Wildman–Crippen MR) is 81.2 cm³/mol. The third-order valence-electron chi connectivity index (χ3n) is 2.77. The van der Waals surface area contributed by atoms with Gasteiger partial charge in [0.25, 0.3) is 0 Å². The number of anilines is 1. The Morgan fingerprint density at radius 3 is 2.50 bits per heavy atom. The topological polar surface area (TPSA) is 29.1 Å². The number of hydrogen-bond acceptors (Lipinski definition) is 3. The Balaban J connectivity index is 2.27. The van der Waals surface area contributed by atoms with Gasteiger partial charge in [0.1, 0.15) is 4.58 Å². The van der Waals surface area contributed by atoms with Gasteiger partial charge in [-0.2, -0.15) is 13.2 Å². The standard InChI is InChI=1S/C12H11BrF3NOS2/c1-6-8(12(14,15)16)4-7(13)5-9(6)17-10(18)11-19-2-3-20-11/h4-5,11H,2-3H2,1H3,(H,17,18). The van der Waals surface area contributed by atoms with Gasteiger partial charge in [-0.3, -0.25) is 4.79 Å². The Kier molecular flexibility index (Phi) is 4.96. The molecule has 1 aliphatic rings. The van der Waals surface area contributed by atoms with Gasteiger partial charge in [-0.05, 0) is 24.6 Å². The SMILES string of the molecule is Cc1c(NC(=O)C2SCCS2)cc(Br)cc1C(F)(F)F. The minimum atomic E-state index is -4.44. The summed E-state index contributed by atoms with van der Waals surface area (Å²) in [6, 6.07) is 2.51. The van der Waals surface area contributed by atoms with Crippen molar-refractivity contribution in [1.82, 2.24) is 0 Å². The minimum Gasteiger partial charge on any atom is -0.324 e. The first kappa shape index (κ1) is 16.0. The van der Waals surface area contributed by atoms with Gasteiger partial charge >= 0.3 is 6.18 Å². The van der Waals surface area contributed by atoms with Crippen molar-refractivity contribution < 1.29 is 18.0 Å². The Morgan fingerprint density at radius 2 is 1.95 bits per heavy atom. The molecule has 0 bridgehead atoms. The highest BCUT2D eigenvalue weighted by molar-refractivity contribution is 9.10. The second-order valence-corrected chi connectivity index (χ2v) is 7.83. The number of nitrogens with one attached hydrogen (secondary N) is 1. The van der Waals surface area contributed by atoms with Crippen LogP contribution in [0.15, 0.2) is 16.6 Å². The number of carbonyl (C=O) groups excluding carboxylic acids is 1. The summed E-state index contributed by atoms with van der Waals surface area (Å²) < 4.78 is 38.8. The number of thioether (sulfide) groups is 2. The lowest BCUT2D eigenvalue weighted by Gasteiger charge is -2.17. The number of hydrogen-bond donors (Lipinski definition) is 1. The first-order valence-corrected chi connectivity index (χ1v) is 8.59. The lowest BCUT2D eigenvalue weighted by Crippen LogP contribution is -2.22. The van der Waals surface area contributed by atoms with E-state index in [4.69, 9.17) is 0 Å². The van der Waals surface area contributed by atoms with E-state index in [0.717, 1.165) is 17.6 Å². The van der Waals surface area contributed by atoms with E-state index in [1.807, 2.05) is 0 Å². The predicted octanol–water partition coefficient (Wildman–Crippen LogP) is 4.52. The molecule has 0 aromatic heterocycles. The molecule has 0 unspecified atom stereocenters. The number of halogens is 4. The van der Waals surface area contributed by atoms with E-state index in [-0.39, 0.29) is 26.2 Å². The van der Waals surface area contributed by atoms with Crippen molar-refractivity contribution in [2.24, 2.45) is 0 Å². The molecule has 0 spiro atoms. The van der Waals surface area contributed by atoms with E-state index in [1.54, 1.807) is 0 Å². The van der Waals surface area contributed by atoms with Gasteiger partial charge in [0.15, 0.2) is 0 Å². The highest BCUT2D eigenvalue weighted by Crippen LogP contribution is 2.38. The highest BCUT2D eigenvalue weighted by atomic mass is 79.9. The van der Waals surface area contributed by atoms with Crippen molar-refractivity contribution in [3.8, 4) is 0 Å². The maximum Gasteiger partial charge on any atom is 0.416 e. The van der Waals surface area contributed by atoms with E-state index in [1.165, 1.54) is 36.5 Å². The largest absolute Gasteiger partial charge is 0.416 e. The van der Waals surface area contributed by atoms with Crippen molar-refractivity contribution >= 4 is 51.0 Å². The van der Waals surface area contributed by atoms with Crippen LogP contribution in [0.25, 0.3) is 0 Å². The highest BCUT2D eigenvalue weighted by Gasteiger charge is 2.34. The molecule has 2 rings (SSSR count). The Morgan fingerprint density at radius 1 is 1.35 bits per heavy atom. The van der Waals surface area contributed by atoms with Crippen LogP contribution in [0.1, 0.15) is 11.1 Å². The van der Waals surface area contributed by atoms with Gasteiger partial charge in [0.05, 0.1) is 5.56 Å². The van der Waals surface area contributed by atoms with Crippen LogP contribution in [-0.2, 0) is 11.0 Å². The lowest BCUT2D eigenvalue weighted by atomic mass is 10.1. The third kappa shape index (κ3) is 3.65. The first-order valence-electron chi connectivity index (χ1n) is 5.70. The zero-order chi connectivity index (χ0) is 14.9. The molecule has 20 heavy (non-hydrogen) atoms. The lowest BCUT2D eigenvalue weighted by molar-refractivity contribution is -0.138. The van der Waals surface area contributed by atoms with Gasteiger partial charge in [-0.15, -0.1) is 23.5 Å². The third-order valence-corrected chi connectivity index (χ3v) is 6.22. The summed E-state index contributed by atoms with van der Waals surface area (Å²) in [5.41, 5.74) is -0.513. The van der Waals surface area contributed by atoms with E-state index in [9.17, 15) is 18.0 Å². The quantitative estimate of drug-likeness (QED) is 0.811. The van der Waals surface area contributed by atoms with Crippen molar-refractivity contribution in [1.29, 1.82) is 0 Å². The molecule has 0 aliphatic carbocycles. The van der Waals surface area contributed by atoms with E-state index in [2.05, 4.69) is 21.2 Å². The summed E-state index contributed by atoms with van der Waals surface area (Å²) in [7, 11) is 0. The Labute approximate surface area is 131 Å². The second-order valence-electron chi connectivity index (χ2n) is 4.19.